The summed E-state index contributed by atoms with van der Waals surface area (Å²) in [6.45, 7) is 5.30. The van der Waals surface area contributed by atoms with Gasteiger partial charge in [0.15, 0.2) is 0 Å². The largest absolute Gasteiger partial charge is 0.383 e. The van der Waals surface area contributed by atoms with Crippen LogP contribution in [0, 0.1) is 0 Å². The van der Waals surface area contributed by atoms with Crippen molar-refractivity contribution in [3.05, 3.63) is 65.2 Å². The van der Waals surface area contributed by atoms with Crippen LogP contribution < -0.4 is 10.6 Å². The number of hydrogen-bond donors (Lipinski definition) is 2. The van der Waals surface area contributed by atoms with E-state index in [4.69, 9.17) is 23.7 Å². The summed E-state index contributed by atoms with van der Waals surface area (Å²) >= 11 is 0. The van der Waals surface area contributed by atoms with Crippen LogP contribution in [0.15, 0.2) is 48.5 Å². The number of carbonyl (C=O) groups excluding carboxylic acids is 4. The van der Waals surface area contributed by atoms with Crippen molar-refractivity contribution >= 4 is 29.3 Å². The molecular formula is C30H37N3O9. The van der Waals surface area contributed by atoms with Crippen molar-refractivity contribution in [3.63, 3.8) is 0 Å². The first-order chi connectivity index (χ1) is 20.5. The van der Waals surface area contributed by atoms with Gasteiger partial charge in [-0.1, -0.05) is 30.3 Å². The van der Waals surface area contributed by atoms with Gasteiger partial charge in [0.05, 0.1) is 77.2 Å². The molecule has 1 atom stereocenters. The van der Waals surface area contributed by atoms with E-state index in [0.29, 0.717) is 78.3 Å². The van der Waals surface area contributed by atoms with Crippen LogP contribution in [0.5, 0.6) is 0 Å². The number of piperidine rings is 1. The van der Waals surface area contributed by atoms with E-state index in [9.17, 15) is 19.2 Å². The predicted molar refractivity (Wildman–Crippen MR) is 151 cm³/mol. The van der Waals surface area contributed by atoms with Crippen molar-refractivity contribution in [2.45, 2.75) is 25.5 Å². The molecule has 2 aliphatic heterocycles. The first-order valence-electron chi connectivity index (χ1n) is 14.1. The topological polar surface area (TPSA) is 142 Å². The Labute approximate surface area is 244 Å². The fourth-order valence-corrected chi connectivity index (χ4v) is 4.49. The van der Waals surface area contributed by atoms with E-state index in [1.165, 1.54) is 0 Å². The Morgan fingerprint density at radius 3 is 1.95 bits per heavy atom. The maximum atomic E-state index is 12.9. The van der Waals surface area contributed by atoms with Crippen molar-refractivity contribution < 1.29 is 42.9 Å². The van der Waals surface area contributed by atoms with Gasteiger partial charge >= 0.3 is 0 Å². The summed E-state index contributed by atoms with van der Waals surface area (Å²) in [5.41, 5.74) is 2.26. The van der Waals surface area contributed by atoms with Crippen LogP contribution in [0.3, 0.4) is 0 Å². The van der Waals surface area contributed by atoms with Crippen LogP contribution >= 0.6 is 0 Å². The van der Waals surface area contributed by atoms with Gasteiger partial charge in [-0.3, -0.25) is 29.4 Å². The van der Waals surface area contributed by atoms with E-state index in [1.807, 2.05) is 30.3 Å². The number of anilines is 1. The van der Waals surface area contributed by atoms with Gasteiger partial charge < -0.3 is 29.0 Å². The van der Waals surface area contributed by atoms with Gasteiger partial charge in [-0.05, 0) is 30.2 Å². The van der Waals surface area contributed by atoms with E-state index in [0.717, 1.165) is 10.5 Å². The third kappa shape index (κ3) is 9.16. The second kappa shape index (κ2) is 16.7. The molecule has 1 saturated heterocycles. The molecule has 0 saturated carbocycles. The zero-order valence-corrected chi connectivity index (χ0v) is 23.5. The molecule has 2 heterocycles. The molecule has 12 nitrogen and oxygen atoms in total. The first kappa shape index (κ1) is 31.3. The van der Waals surface area contributed by atoms with Crippen molar-refractivity contribution in [2.24, 2.45) is 0 Å². The molecule has 1 fully saturated rings. The van der Waals surface area contributed by atoms with E-state index >= 15 is 0 Å². The average Bonchev–Trinajstić information content (AvgIpc) is 3.24. The summed E-state index contributed by atoms with van der Waals surface area (Å²) in [7, 11) is 0. The zero-order valence-electron chi connectivity index (χ0n) is 23.5. The molecule has 2 aliphatic rings. The lowest BCUT2D eigenvalue weighted by atomic mass is 10.0. The van der Waals surface area contributed by atoms with E-state index in [2.05, 4.69) is 10.6 Å². The highest BCUT2D eigenvalue weighted by molar-refractivity contribution is 6.23. The number of amides is 4. The quantitative estimate of drug-likeness (QED) is 0.186. The van der Waals surface area contributed by atoms with Crippen LogP contribution in [0.2, 0.25) is 0 Å². The lowest BCUT2D eigenvalue weighted by molar-refractivity contribution is -0.136. The Morgan fingerprint density at radius 1 is 0.714 bits per heavy atom. The molecule has 2 N–H and O–H groups in total. The van der Waals surface area contributed by atoms with Crippen molar-refractivity contribution in [1.82, 2.24) is 10.2 Å². The van der Waals surface area contributed by atoms with Crippen LogP contribution in [0.25, 0.3) is 0 Å². The second-order valence-electron chi connectivity index (χ2n) is 9.62. The summed E-state index contributed by atoms with van der Waals surface area (Å²) in [6, 6.07) is 13.9. The van der Waals surface area contributed by atoms with Gasteiger partial charge in [-0.25, -0.2) is 0 Å². The monoisotopic (exact) mass is 583 g/mol. The number of benzene rings is 2. The van der Waals surface area contributed by atoms with Crippen LogP contribution in [0.4, 0.5) is 5.69 Å². The summed E-state index contributed by atoms with van der Waals surface area (Å²) in [5, 5.41) is 5.35. The van der Waals surface area contributed by atoms with E-state index in [-0.39, 0.29) is 24.0 Å². The van der Waals surface area contributed by atoms with E-state index in [1.54, 1.807) is 18.2 Å². The highest BCUT2D eigenvalue weighted by Crippen LogP contribution is 2.29. The van der Waals surface area contributed by atoms with Gasteiger partial charge in [0.25, 0.3) is 11.8 Å². The van der Waals surface area contributed by atoms with Gasteiger partial charge in [-0.15, -0.1) is 0 Å². The first-order valence-corrected chi connectivity index (χ1v) is 14.1. The standard InChI is InChI=1S/C30H37N3O9/c34-27-9-8-26(28(35)32-27)33-29(36)24-7-6-23(20-25(24)30(33)37)31-10-11-38-12-13-39-14-15-40-16-17-41-18-19-42-21-22-4-2-1-3-5-22/h1-7,20,26,31H,8-19,21H2,(H,32,34,35). The minimum atomic E-state index is -0.983. The molecule has 4 amide bonds. The third-order valence-corrected chi connectivity index (χ3v) is 6.61. The lowest BCUT2D eigenvalue weighted by Gasteiger charge is -2.27. The fourth-order valence-electron chi connectivity index (χ4n) is 4.49. The van der Waals surface area contributed by atoms with Gasteiger partial charge in [-0.2, -0.15) is 0 Å². The third-order valence-electron chi connectivity index (χ3n) is 6.61. The smallest absolute Gasteiger partial charge is 0.262 e. The Morgan fingerprint density at radius 2 is 1.31 bits per heavy atom. The highest BCUT2D eigenvalue weighted by atomic mass is 16.6. The number of hydrogen-bond acceptors (Lipinski definition) is 10. The van der Waals surface area contributed by atoms with Crippen LogP contribution in [-0.2, 0) is 39.9 Å². The Hall–Kier alpha value is -3.68. The van der Waals surface area contributed by atoms with Crippen molar-refractivity contribution in [2.75, 3.05) is 71.3 Å². The normalized spacial score (nSPS) is 16.6. The average molecular weight is 584 g/mol. The Kier molecular flexibility index (Phi) is 12.4. The lowest BCUT2D eigenvalue weighted by Crippen LogP contribution is -2.54. The molecule has 4 rings (SSSR count). The molecule has 2 aromatic carbocycles. The number of fused-ring (bicyclic) bond motifs is 1. The molecule has 0 radical (unpaired) electrons. The molecule has 12 heteroatoms. The maximum Gasteiger partial charge on any atom is 0.262 e. The fraction of sp³-hybridized carbons (Fsp3) is 0.467. The second-order valence-corrected chi connectivity index (χ2v) is 9.62. The molecule has 226 valence electrons. The summed E-state index contributed by atoms with van der Waals surface area (Å²) in [4.78, 5) is 50.2. The molecule has 0 bridgehead atoms. The highest BCUT2D eigenvalue weighted by Gasteiger charge is 2.44. The number of ether oxygens (including phenoxy) is 5. The molecule has 0 aromatic heterocycles. The minimum absolute atomic E-state index is 0.0812. The molecular weight excluding hydrogens is 546 g/mol. The van der Waals surface area contributed by atoms with Crippen LogP contribution in [0.1, 0.15) is 39.1 Å². The van der Waals surface area contributed by atoms with Gasteiger partial charge in [0.1, 0.15) is 6.04 Å². The molecule has 42 heavy (non-hydrogen) atoms. The number of nitrogens with one attached hydrogen (secondary N) is 2. The summed E-state index contributed by atoms with van der Waals surface area (Å²) in [5.74, 6) is -2.11. The molecule has 1 unspecified atom stereocenters. The summed E-state index contributed by atoms with van der Waals surface area (Å²) in [6.07, 6.45) is 0.203. The number of imide groups is 2. The number of carbonyl (C=O) groups is 4. The SMILES string of the molecule is O=C1CCC(N2C(=O)c3ccc(NCCOCCOCCOCCOCCOCc4ccccc4)cc3C2=O)C(=O)N1. The number of rotatable bonds is 19. The molecule has 0 spiro atoms. The van der Waals surface area contributed by atoms with Gasteiger partial charge in [0, 0.05) is 18.7 Å². The van der Waals surface area contributed by atoms with Gasteiger partial charge in [0.2, 0.25) is 11.8 Å². The maximum absolute atomic E-state index is 12.9. The molecule has 0 aliphatic carbocycles. The van der Waals surface area contributed by atoms with Crippen molar-refractivity contribution in [1.29, 1.82) is 0 Å². The Bertz CT molecular complexity index is 1210. The van der Waals surface area contributed by atoms with Crippen LogP contribution in [-0.4, -0.2) is 101 Å². The Balaban J connectivity index is 0.980. The zero-order chi connectivity index (χ0) is 29.6. The number of nitrogens with zero attached hydrogens (tertiary/aromatic N) is 1. The van der Waals surface area contributed by atoms with E-state index < -0.39 is 29.7 Å². The van der Waals surface area contributed by atoms with Crippen molar-refractivity contribution in [3.8, 4) is 0 Å². The minimum Gasteiger partial charge on any atom is -0.383 e. The molecule has 2 aromatic rings. The predicted octanol–water partition coefficient (Wildman–Crippen LogP) is 1.78. The summed E-state index contributed by atoms with van der Waals surface area (Å²) < 4.78 is 27.6.